The fourth-order valence-corrected chi connectivity index (χ4v) is 2.99. The molecule has 4 nitrogen and oxygen atoms in total. The number of phenols is 1. The van der Waals surface area contributed by atoms with E-state index >= 15 is 0 Å². The van der Waals surface area contributed by atoms with Gasteiger partial charge in [-0.3, -0.25) is 0 Å². The number of hydrogen-bond acceptors (Lipinski definition) is 4. The zero-order chi connectivity index (χ0) is 19.6. The first-order valence-corrected chi connectivity index (χ1v) is 9.94. The summed E-state index contributed by atoms with van der Waals surface area (Å²) >= 11 is 0. The number of rotatable bonds is 11. The van der Waals surface area contributed by atoms with Crippen LogP contribution in [0.2, 0.25) is 0 Å². The van der Waals surface area contributed by atoms with E-state index in [1.54, 1.807) is 12.1 Å². The molecule has 0 aromatic heterocycles. The molecule has 3 N–H and O–H groups in total. The molecule has 0 bridgehead atoms. The minimum absolute atomic E-state index is 0.0120. The van der Waals surface area contributed by atoms with Crippen LogP contribution >= 0.6 is 0 Å². The van der Waals surface area contributed by atoms with Crippen LogP contribution in [0.5, 0.6) is 11.5 Å². The van der Waals surface area contributed by atoms with Gasteiger partial charge in [-0.05, 0) is 61.1 Å². The Morgan fingerprint density at radius 1 is 0.852 bits per heavy atom. The van der Waals surface area contributed by atoms with E-state index in [9.17, 15) is 15.3 Å². The molecule has 2 rings (SSSR count). The Balaban J connectivity index is 1.94. The van der Waals surface area contributed by atoms with Crippen molar-refractivity contribution in [1.82, 2.24) is 0 Å². The molecular formula is C23H32O4. The molecule has 0 saturated heterocycles. The van der Waals surface area contributed by atoms with Gasteiger partial charge >= 0.3 is 0 Å². The fraction of sp³-hybridized carbons (Fsp3) is 0.478. The van der Waals surface area contributed by atoms with Gasteiger partial charge < -0.3 is 20.1 Å². The van der Waals surface area contributed by atoms with Crippen molar-refractivity contribution < 1.29 is 20.1 Å². The smallest absolute Gasteiger partial charge is 0.121 e. The largest absolute Gasteiger partial charge is 0.508 e. The number of ether oxygens (including phenoxy) is 1. The van der Waals surface area contributed by atoms with Gasteiger partial charge in [0.25, 0.3) is 0 Å². The van der Waals surface area contributed by atoms with Crippen molar-refractivity contribution >= 4 is 0 Å². The Bertz CT molecular complexity index is 681. The van der Waals surface area contributed by atoms with E-state index in [1.807, 2.05) is 30.3 Å². The second-order valence-electron chi connectivity index (χ2n) is 7.07. The number of hydrogen-bond donors (Lipinski definition) is 3. The van der Waals surface area contributed by atoms with Crippen LogP contribution in [0.3, 0.4) is 0 Å². The highest BCUT2D eigenvalue weighted by Crippen LogP contribution is 2.28. The molecule has 2 aromatic carbocycles. The Morgan fingerprint density at radius 2 is 1.44 bits per heavy atom. The van der Waals surface area contributed by atoms with Crippen molar-refractivity contribution in [3.05, 3.63) is 59.2 Å². The van der Waals surface area contributed by atoms with Crippen LogP contribution < -0.4 is 4.74 Å². The Labute approximate surface area is 162 Å². The predicted octanol–water partition coefficient (Wildman–Crippen LogP) is 4.55. The maximum atomic E-state index is 10.4. The van der Waals surface area contributed by atoms with Gasteiger partial charge in [-0.1, -0.05) is 44.9 Å². The van der Waals surface area contributed by atoms with Crippen molar-refractivity contribution in [3.8, 4) is 11.5 Å². The van der Waals surface area contributed by atoms with Crippen molar-refractivity contribution in [2.45, 2.75) is 64.6 Å². The minimum atomic E-state index is -1.20. The second kappa shape index (κ2) is 11.0. The standard InChI is InChI=1S/C23H32O4/c1-3-5-7-17-9-12-19(13-10-17)27-16-22(25)23(26)20-15-18(8-6-4-2)11-14-21(20)24/h9-15,22-26H,3-8,16H2,1-2H3. The molecule has 2 atom stereocenters. The van der Waals surface area contributed by atoms with Crippen molar-refractivity contribution in [3.63, 3.8) is 0 Å². The third-order valence-electron chi connectivity index (χ3n) is 4.76. The SMILES string of the molecule is CCCCc1ccc(OCC(O)C(O)c2cc(CCCC)ccc2O)cc1. The Morgan fingerprint density at radius 3 is 2.07 bits per heavy atom. The third kappa shape index (κ3) is 6.56. The summed E-state index contributed by atoms with van der Waals surface area (Å²) in [6.45, 7) is 4.24. The van der Waals surface area contributed by atoms with Crippen molar-refractivity contribution in [1.29, 1.82) is 0 Å². The van der Waals surface area contributed by atoms with Crippen LogP contribution in [0.25, 0.3) is 0 Å². The summed E-state index contributed by atoms with van der Waals surface area (Å²) in [5, 5.41) is 30.8. The monoisotopic (exact) mass is 372 g/mol. The number of aromatic hydroxyl groups is 1. The number of aliphatic hydroxyl groups excluding tert-OH is 2. The summed E-state index contributed by atoms with van der Waals surface area (Å²) in [6, 6.07) is 13.0. The third-order valence-corrected chi connectivity index (χ3v) is 4.76. The summed E-state index contributed by atoms with van der Waals surface area (Å²) < 4.78 is 5.61. The van der Waals surface area contributed by atoms with Gasteiger partial charge in [0.15, 0.2) is 0 Å². The Kier molecular flexibility index (Phi) is 8.62. The van der Waals surface area contributed by atoms with Crippen LogP contribution in [-0.2, 0) is 12.8 Å². The van der Waals surface area contributed by atoms with Gasteiger partial charge in [0, 0.05) is 5.56 Å². The van der Waals surface area contributed by atoms with E-state index in [2.05, 4.69) is 13.8 Å². The van der Waals surface area contributed by atoms with Crippen LogP contribution in [0.4, 0.5) is 0 Å². The zero-order valence-electron chi connectivity index (χ0n) is 16.4. The van der Waals surface area contributed by atoms with Crippen LogP contribution in [-0.4, -0.2) is 28.0 Å². The number of benzene rings is 2. The van der Waals surface area contributed by atoms with E-state index in [0.717, 1.165) is 44.1 Å². The van der Waals surface area contributed by atoms with Crippen molar-refractivity contribution in [2.24, 2.45) is 0 Å². The molecule has 0 amide bonds. The fourth-order valence-electron chi connectivity index (χ4n) is 2.99. The molecular weight excluding hydrogens is 340 g/mol. The molecule has 2 unspecified atom stereocenters. The molecule has 0 spiro atoms. The average Bonchev–Trinajstić information content (AvgIpc) is 2.70. The van der Waals surface area contributed by atoms with Gasteiger partial charge in [0.2, 0.25) is 0 Å². The summed E-state index contributed by atoms with van der Waals surface area (Å²) in [6.07, 6.45) is 4.04. The van der Waals surface area contributed by atoms with Gasteiger partial charge in [-0.25, -0.2) is 0 Å². The van der Waals surface area contributed by atoms with Crippen LogP contribution in [0, 0.1) is 0 Å². The molecule has 4 heteroatoms. The molecule has 0 aliphatic carbocycles. The summed E-state index contributed by atoms with van der Waals surface area (Å²) in [4.78, 5) is 0. The second-order valence-corrected chi connectivity index (χ2v) is 7.07. The molecule has 0 aliphatic rings. The topological polar surface area (TPSA) is 69.9 Å². The lowest BCUT2D eigenvalue weighted by molar-refractivity contribution is -0.0100. The van der Waals surface area contributed by atoms with E-state index in [4.69, 9.17) is 4.74 Å². The maximum absolute atomic E-state index is 10.4. The normalized spacial score (nSPS) is 13.3. The Hall–Kier alpha value is -2.04. The van der Waals surface area contributed by atoms with Crippen LogP contribution in [0.1, 0.15) is 62.3 Å². The first-order chi connectivity index (χ1) is 13.0. The lowest BCUT2D eigenvalue weighted by Gasteiger charge is -2.20. The molecule has 27 heavy (non-hydrogen) atoms. The predicted molar refractivity (Wildman–Crippen MR) is 108 cm³/mol. The van der Waals surface area contributed by atoms with E-state index in [-0.39, 0.29) is 12.4 Å². The molecule has 148 valence electrons. The summed E-state index contributed by atoms with van der Waals surface area (Å²) in [5.74, 6) is 0.643. The molecule has 2 aromatic rings. The maximum Gasteiger partial charge on any atom is 0.121 e. The van der Waals surface area contributed by atoms with E-state index in [1.165, 1.54) is 5.56 Å². The van der Waals surface area contributed by atoms with Gasteiger partial charge in [-0.15, -0.1) is 0 Å². The highest BCUT2D eigenvalue weighted by atomic mass is 16.5. The lowest BCUT2D eigenvalue weighted by atomic mass is 9.99. The molecule has 0 radical (unpaired) electrons. The van der Waals surface area contributed by atoms with Crippen molar-refractivity contribution in [2.75, 3.05) is 6.61 Å². The molecule has 0 aliphatic heterocycles. The van der Waals surface area contributed by atoms with Gasteiger partial charge in [-0.2, -0.15) is 0 Å². The quantitative estimate of drug-likeness (QED) is 0.541. The number of unbranched alkanes of at least 4 members (excludes halogenated alkanes) is 2. The first kappa shape index (κ1) is 21.3. The minimum Gasteiger partial charge on any atom is -0.508 e. The number of phenolic OH excluding ortho intramolecular Hbond substituents is 1. The van der Waals surface area contributed by atoms with Gasteiger partial charge in [0.05, 0.1) is 0 Å². The van der Waals surface area contributed by atoms with E-state index in [0.29, 0.717) is 11.3 Å². The highest BCUT2D eigenvalue weighted by Gasteiger charge is 2.22. The summed E-state index contributed by atoms with van der Waals surface area (Å²) in [5.41, 5.74) is 2.65. The molecule has 0 heterocycles. The summed E-state index contributed by atoms with van der Waals surface area (Å²) in [7, 11) is 0. The first-order valence-electron chi connectivity index (χ1n) is 9.94. The molecule has 0 saturated carbocycles. The highest BCUT2D eigenvalue weighted by molar-refractivity contribution is 5.38. The van der Waals surface area contributed by atoms with Crippen LogP contribution in [0.15, 0.2) is 42.5 Å². The lowest BCUT2D eigenvalue weighted by Crippen LogP contribution is -2.25. The van der Waals surface area contributed by atoms with E-state index < -0.39 is 12.2 Å². The molecule has 0 fully saturated rings. The zero-order valence-corrected chi connectivity index (χ0v) is 16.4. The average molecular weight is 373 g/mol. The number of aliphatic hydroxyl groups is 2. The van der Waals surface area contributed by atoms with Gasteiger partial charge in [0.1, 0.15) is 30.3 Å². The number of aryl methyl sites for hydroxylation is 2.